The highest BCUT2D eigenvalue weighted by molar-refractivity contribution is 8.13. The van der Waals surface area contributed by atoms with Gasteiger partial charge < -0.3 is 4.74 Å². The molecule has 0 amide bonds. The first-order chi connectivity index (χ1) is 9.27. The molecule has 7 nitrogen and oxygen atoms in total. The molecule has 1 aromatic heterocycles. The van der Waals surface area contributed by atoms with Crippen molar-refractivity contribution in [2.75, 3.05) is 0 Å². The van der Waals surface area contributed by atoms with Crippen LogP contribution in [-0.4, -0.2) is 28.6 Å². The summed E-state index contributed by atoms with van der Waals surface area (Å²) in [4.78, 5) is 1.45. The smallest absolute Gasteiger partial charge is 0.261 e. The van der Waals surface area contributed by atoms with Gasteiger partial charge in [0.1, 0.15) is 5.75 Å². The van der Waals surface area contributed by atoms with Crippen LogP contribution in [0.15, 0.2) is 17.0 Å². The lowest BCUT2D eigenvalue weighted by molar-refractivity contribution is 0.294. The van der Waals surface area contributed by atoms with Crippen LogP contribution in [-0.2, 0) is 22.7 Å². The van der Waals surface area contributed by atoms with Crippen LogP contribution in [0.5, 0.6) is 5.75 Å². The molecule has 0 fully saturated rings. The van der Waals surface area contributed by atoms with Gasteiger partial charge >= 0.3 is 0 Å². The standard InChI is InChI=1S/C11H13ClN4O3S/c1-7-4-9(5-8(2)11(7)20(12,17)18)19-6-10-13-15-16(3)14-10/h4-5H,6H2,1-3H3. The molecule has 0 radical (unpaired) electrons. The summed E-state index contributed by atoms with van der Waals surface area (Å²) in [6.07, 6.45) is 0. The number of ether oxygens (including phenoxy) is 1. The number of hydrogen-bond acceptors (Lipinski definition) is 6. The van der Waals surface area contributed by atoms with E-state index in [0.29, 0.717) is 22.7 Å². The Bertz CT molecular complexity index is 719. The summed E-state index contributed by atoms with van der Waals surface area (Å²) in [6, 6.07) is 3.22. The average Bonchev–Trinajstić information content (AvgIpc) is 2.69. The number of benzene rings is 1. The summed E-state index contributed by atoms with van der Waals surface area (Å²) < 4.78 is 28.4. The molecule has 0 saturated carbocycles. The van der Waals surface area contributed by atoms with Crippen molar-refractivity contribution >= 4 is 19.7 Å². The van der Waals surface area contributed by atoms with E-state index in [1.165, 1.54) is 4.80 Å². The maximum absolute atomic E-state index is 11.5. The van der Waals surface area contributed by atoms with E-state index in [1.54, 1.807) is 33.0 Å². The van der Waals surface area contributed by atoms with Crippen molar-refractivity contribution in [3.8, 4) is 5.75 Å². The van der Waals surface area contributed by atoms with Crippen molar-refractivity contribution in [1.29, 1.82) is 0 Å². The summed E-state index contributed by atoms with van der Waals surface area (Å²) in [7, 11) is 3.29. The second kappa shape index (κ2) is 5.37. The van der Waals surface area contributed by atoms with E-state index in [9.17, 15) is 8.42 Å². The lowest BCUT2D eigenvalue weighted by Crippen LogP contribution is -2.02. The molecule has 0 saturated heterocycles. The van der Waals surface area contributed by atoms with Crippen molar-refractivity contribution < 1.29 is 13.2 Å². The van der Waals surface area contributed by atoms with Gasteiger partial charge in [0.25, 0.3) is 9.05 Å². The van der Waals surface area contributed by atoms with Gasteiger partial charge in [-0.25, -0.2) is 8.42 Å². The van der Waals surface area contributed by atoms with E-state index in [0.717, 1.165) is 0 Å². The minimum atomic E-state index is -3.77. The molecular formula is C11H13ClN4O3S. The highest BCUT2D eigenvalue weighted by atomic mass is 35.7. The molecule has 0 aliphatic heterocycles. The summed E-state index contributed by atoms with van der Waals surface area (Å²) in [6.45, 7) is 3.48. The summed E-state index contributed by atoms with van der Waals surface area (Å²) in [5.41, 5.74) is 1.06. The van der Waals surface area contributed by atoms with Crippen LogP contribution in [0, 0.1) is 13.8 Å². The summed E-state index contributed by atoms with van der Waals surface area (Å²) >= 11 is 0. The van der Waals surface area contributed by atoms with Gasteiger partial charge in [-0.2, -0.15) is 4.80 Å². The SMILES string of the molecule is Cc1cc(OCc2nnn(C)n2)cc(C)c1S(=O)(=O)Cl. The fourth-order valence-electron chi connectivity index (χ4n) is 1.91. The van der Waals surface area contributed by atoms with Gasteiger partial charge in [-0.1, -0.05) is 0 Å². The molecule has 0 N–H and O–H groups in total. The van der Waals surface area contributed by atoms with E-state index in [1.807, 2.05) is 0 Å². The maximum Gasteiger partial charge on any atom is 0.261 e. The minimum absolute atomic E-state index is 0.115. The van der Waals surface area contributed by atoms with E-state index in [2.05, 4.69) is 15.4 Å². The average molecular weight is 317 g/mol. The van der Waals surface area contributed by atoms with Gasteiger partial charge in [0.2, 0.25) is 5.82 Å². The zero-order valence-electron chi connectivity index (χ0n) is 11.2. The molecule has 0 aliphatic rings. The number of rotatable bonds is 4. The van der Waals surface area contributed by atoms with Crippen molar-refractivity contribution in [3.63, 3.8) is 0 Å². The van der Waals surface area contributed by atoms with E-state index < -0.39 is 9.05 Å². The molecule has 1 heterocycles. The van der Waals surface area contributed by atoms with Crippen LogP contribution in [0.1, 0.15) is 17.0 Å². The van der Waals surface area contributed by atoms with E-state index >= 15 is 0 Å². The second-order valence-corrected chi connectivity index (χ2v) is 6.81. The predicted molar refractivity (Wildman–Crippen MR) is 72.1 cm³/mol. The van der Waals surface area contributed by atoms with Gasteiger partial charge in [0.05, 0.1) is 11.9 Å². The fraction of sp³-hybridized carbons (Fsp3) is 0.364. The summed E-state index contributed by atoms with van der Waals surface area (Å²) in [5.74, 6) is 0.966. The van der Waals surface area contributed by atoms with Crippen LogP contribution in [0.2, 0.25) is 0 Å². The summed E-state index contributed by atoms with van der Waals surface area (Å²) in [5, 5.41) is 11.5. The first kappa shape index (κ1) is 14.7. The Morgan fingerprint density at radius 3 is 2.35 bits per heavy atom. The molecule has 0 aliphatic carbocycles. The number of hydrogen-bond donors (Lipinski definition) is 0. The third-order valence-corrected chi connectivity index (χ3v) is 4.19. The predicted octanol–water partition coefficient (Wildman–Crippen LogP) is 1.33. The molecule has 9 heteroatoms. The Balaban J connectivity index is 2.23. The van der Waals surface area contributed by atoms with Gasteiger partial charge in [-0.3, -0.25) is 0 Å². The molecule has 0 bridgehead atoms. The fourth-order valence-corrected chi connectivity index (χ4v) is 3.52. The lowest BCUT2D eigenvalue weighted by Gasteiger charge is -2.10. The van der Waals surface area contributed by atoms with Crippen molar-refractivity contribution in [2.45, 2.75) is 25.3 Å². The first-order valence-electron chi connectivity index (χ1n) is 5.69. The highest BCUT2D eigenvalue weighted by Gasteiger charge is 2.18. The third-order valence-electron chi connectivity index (χ3n) is 2.60. The van der Waals surface area contributed by atoms with Crippen LogP contribution >= 0.6 is 10.7 Å². The van der Waals surface area contributed by atoms with Crippen LogP contribution < -0.4 is 4.74 Å². The van der Waals surface area contributed by atoms with Gasteiger partial charge in [0, 0.05) is 10.7 Å². The molecule has 0 spiro atoms. The Kier molecular flexibility index (Phi) is 3.96. The minimum Gasteiger partial charge on any atom is -0.485 e. The highest BCUT2D eigenvalue weighted by Crippen LogP contribution is 2.28. The zero-order chi connectivity index (χ0) is 14.9. The monoisotopic (exact) mass is 316 g/mol. The number of tetrazole rings is 1. The Hall–Kier alpha value is -1.67. The normalized spacial score (nSPS) is 11.6. The van der Waals surface area contributed by atoms with Gasteiger partial charge in [-0.15, -0.1) is 10.2 Å². The number of halogens is 1. The van der Waals surface area contributed by atoms with E-state index in [4.69, 9.17) is 15.4 Å². The second-order valence-electron chi connectivity index (χ2n) is 4.31. The van der Waals surface area contributed by atoms with Crippen LogP contribution in [0.3, 0.4) is 0 Å². The van der Waals surface area contributed by atoms with Crippen molar-refractivity contribution in [3.05, 3.63) is 29.1 Å². The van der Waals surface area contributed by atoms with E-state index in [-0.39, 0.29) is 11.5 Å². The third kappa shape index (κ3) is 3.26. The molecule has 2 aromatic rings. The molecule has 0 atom stereocenters. The van der Waals surface area contributed by atoms with Crippen LogP contribution in [0.25, 0.3) is 0 Å². The van der Waals surface area contributed by atoms with Crippen molar-refractivity contribution in [2.24, 2.45) is 7.05 Å². The molecule has 108 valence electrons. The largest absolute Gasteiger partial charge is 0.485 e. The van der Waals surface area contributed by atoms with Gasteiger partial charge in [-0.05, 0) is 42.3 Å². The molecule has 2 rings (SSSR count). The topological polar surface area (TPSA) is 87.0 Å². The molecule has 0 unspecified atom stereocenters. The quantitative estimate of drug-likeness (QED) is 0.791. The van der Waals surface area contributed by atoms with Gasteiger partial charge in [0.15, 0.2) is 6.61 Å². The molecular weight excluding hydrogens is 304 g/mol. The number of aromatic nitrogens is 4. The molecule has 20 heavy (non-hydrogen) atoms. The number of aryl methyl sites for hydroxylation is 3. The zero-order valence-corrected chi connectivity index (χ0v) is 12.7. The maximum atomic E-state index is 11.5. The Morgan fingerprint density at radius 1 is 1.30 bits per heavy atom. The molecule has 1 aromatic carbocycles. The first-order valence-corrected chi connectivity index (χ1v) is 8.00. The van der Waals surface area contributed by atoms with Crippen LogP contribution in [0.4, 0.5) is 0 Å². The Labute approximate surface area is 120 Å². The Morgan fingerprint density at radius 2 is 1.90 bits per heavy atom. The lowest BCUT2D eigenvalue weighted by atomic mass is 10.1. The number of nitrogens with zero attached hydrogens (tertiary/aromatic N) is 4. The van der Waals surface area contributed by atoms with Crippen molar-refractivity contribution in [1.82, 2.24) is 20.2 Å².